The van der Waals surface area contributed by atoms with Crippen LogP contribution in [0.3, 0.4) is 0 Å². The highest BCUT2D eigenvalue weighted by Crippen LogP contribution is 2.29. The molecule has 3 heterocycles. The first-order chi connectivity index (χ1) is 12.1. The molecule has 0 atom stereocenters. The molecular formula is C17H25ClN6O. The van der Waals surface area contributed by atoms with Gasteiger partial charge in [-0.25, -0.2) is 4.98 Å². The second-order valence-electron chi connectivity index (χ2n) is 6.59. The van der Waals surface area contributed by atoms with Gasteiger partial charge in [0.2, 0.25) is 0 Å². The average molecular weight is 365 g/mol. The van der Waals surface area contributed by atoms with Gasteiger partial charge in [-0.2, -0.15) is 0 Å². The van der Waals surface area contributed by atoms with Crippen LogP contribution >= 0.6 is 11.6 Å². The highest BCUT2D eigenvalue weighted by Gasteiger charge is 2.25. The number of piperidine rings is 1. The van der Waals surface area contributed by atoms with Gasteiger partial charge in [-0.15, -0.1) is 10.2 Å². The topological polar surface area (TPSA) is 70.3 Å². The van der Waals surface area contributed by atoms with Crippen molar-refractivity contribution in [1.29, 1.82) is 0 Å². The zero-order valence-electron chi connectivity index (χ0n) is 14.8. The van der Waals surface area contributed by atoms with Crippen molar-refractivity contribution in [3.63, 3.8) is 0 Å². The van der Waals surface area contributed by atoms with E-state index in [1.807, 2.05) is 31.1 Å². The van der Waals surface area contributed by atoms with Crippen LogP contribution in [0.2, 0.25) is 5.02 Å². The third-order valence-corrected chi connectivity index (χ3v) is 5.01. The van der Waals surface area contributed by atoms with E-state index in [-0.39, 0.29) is 6.61 Å². The summed E-state index contributed by atoms with van der Waals surface area (Å²) >= 11 is 5.91. The van der Waals surface area contributed by atoms with E-state index < -0.39 is 0 Å². The van der Waals surface area contributed by atoms with Crippen molar-refractivity contribution in [3.05, 3.63) is 35.0 Å². The van der Waals surface area contributed by atoms with Crippen LogP contribution < -0.4 is 4.90 Å². The number of rotatable bonds is 6. The molecule has 0 aliphatic carbocycles. The summed E-state index contributed by atoms with van der Waals surface area (Å²) in [6.07, 6.45) is 3.76. The largest absolute Gasteiger partial charge is 0.395 e. The van der Waals surface area contributed by atoms with E-state index in [0.717, 1.165) is 43.4 Å². The van der Waals surface area contributed by atoms with E-state index in [1.54, 1.807) is 6.20 Å². The summed E-state index contributed by atoms with van der Waals surface area (Å²) < 4.78 is 2.11. The standard InChI is InChI=1S/C17H25ClN6O/c1-22(9-10-25)12-16-20-21-17(23(16)2)13-5-7-24(8-6-13)15-4-3-14(18)11-19-15/h3-4,11,13,25H,5-10,12H2,1-2H3. The van der Waals surface area contributed by atoms with Crippen LogP contribution in [-0.2, 0) is 13.6 Å². The SMILES string of the molecule is CN(CCO)Cc1nnc(C2CCN(c3ccc(Cl)cn3)CC2)n1C. The van der Waals surface area contributed by atoms with Gasteiger partial charge in [-0.1, -0.05) is 11.6 Å². The molecule has 0 saturated carbocycles. The van der Waals surface area contributed by atoms with Crippen molar-refractivity contribution in [2.45, 2.75) is 25.3 Å². The van der Waals surface area contributed by atoms with Crippen LogP contribution in [0.25, 0.3) is 0 Å². The van der Waals surface area contributed by atoms with Crippen molar-refractivity contribution in [2.75, 3.05) is 38.2 Å². The van der Waals surface area contributed by atoms with Crippen molar-refractivity contribution in [3.8, 4) is 0 Å². The van der Waals surface area contributed by atoms with E-state index in [9.17, 15) is 0 Å². The minimum absolute atomic E-state index is 0.151. The molecule has 3 rings (SSSR count). The number of aromatic nitrogens is 4. The number of likely N-dealkylation sites (N-methyl/N-ethyl adjacent to an activating group) is 1. The lowest BCUT2D eigenvalue weighted by molar-refractivity contribution is 0.213. The van der Waals surface area contributed by atoms with Crippen LogP contribution in [-0.4, -0.2) is 63.0 Å². The molecule has 1 aliphatic heterocycles. The lowest BCUT2D eigenvalue weighted by atomic mass is 9.96. The van der Waals surface area contributed by atoms with Gasteiger partial charge in [0.15, 0.2) is 0 Å². The Morgan fingerprint density at radius 2 is 2.04 bits per heavy atom. The molecule has 25 heavy (non-hydrogen) atoms. The minimum atomic E-state index is 0.151. The second kappa shape index (κ2) is 8.12. The lowest BCUT2D eigenvalue weighted by Gasteiger charge is -2.32. The molecular weight excluding hydrogens is 340 g/mol. The van der Waals surface area contributed by atoms with Gasteiger partial charge in [0.1, 0.15) is 17.5 Å². The minimum Gasteiger partial charge on any atom is -0.395 e. The van der Waals surface area contributed by atoms with Gasteiger partial charge < -0.3 is 14.6 Å². The van der Waals surface area contributed by atoms with Crippen molar-refractivity contribution in [1.82, 2.24) is 24.6 Å². The maximum Gasteiger partial charge on any atom is 0.146 e. The Labute approximate surface area is 153 Å². The molecule has 0 bridgehead atoms. The number of pyridine rings is 1. The zero-order chi connectivity index (χ0) is 17.8. The van der Waals surface area contributed by atoms with E-state index in [4.69, 9.17) is 16.7 Å². The smallest absolute Gasteiger partial charge is 0.146 e. The average Bonchev–Trinajstić information content (AvgIpc) is 2.97. The molecule has 2 aromatic heterocycles. The highest BCUT2D eigenvalue weighted by molar-refractivity contribution is 6.30. The third-order valence-electron chi connectivity index (χ3n) is 4.79. The molecule has 7 nitrogen and oxygen atoms in total. The number of aliphatic hydroxyl groups is 1. The number of hydrogen-bond donors (Lipinski definition) is 1. The predicted molar refractivity (Wildman–Crippen MR) is 97.9 cm³/mol. The molecule has 8 heteroatoms. The van der Waals surface area contributed by atoms with Crippen molar-refractivity contribution >= 4 is 17.4 Å². The molecule has 136 valence electrons. The molecule has 1 saturated heterocycles. The van der Waals surface area contributed by atoms with Crippen LogP contribution in [0.5, 0.6) is 0 Å². The van der Waals surface area contributed by atoms with E-state index in [1.165, 1.54) is 0 Å². The number of hydrogen-bond acceptors (Lipinski definition) is 6. The Morgan fingerprint density at radius 1 is 1.28 bits per heavy atom. The first-order valence-corrected chi connectivity index (χ1v) is 9.00. The Balaban J connectivity index is 1.61. The number of aliphatic hydroxyl groups excluding tert-OH is 1. The lowest BCUT2D eigenvalue weighted by Crippen LogP contribution is -2.34. The van der Waals surface area contributed by atoms with Crippen LogP contribution in [0.4, 0.5) is 5.82 Å². The highest BCUT2D eigenvalue weighted by atomic mass is 35.5. The molecule has 1 fully saturated rings. The normalized spacial score (nSPS) is 16.0. The summed E-state index contributed by atoms with van der Waals surface area (Å²) in [6.45, 7) is 3.38. The van der Waals surface area contributed by atoms with Crippen LogP contribution in [0.1, 0.15) is 30.4 Å². The Bertz CT molecular complexity index is 681. The molecule has 0 amide bonds. The molecule has 0 unspecified atom stereocenters. The molecule has 2 aromatic rings. The van der Waals surface area contributed by atoms with Crippen molar-refractivity contribution < 1.29 is 5.11 Å². The second-order valence-corrected chi connectivity index (χ2v) is 7.03. The number of halogens is 1. The first kappa shape index (κ1) is 18.1. The van der Waals surface area contributed by atoms with E-state index in [0.29, 0.717) is 24.0 Å². The van der Waals surface area contributed by atoms with Gasteiger partial charge in [0.25, 0.3) is 0 Å². The van der Waals surface area contributed by atoms with E-state index >= 15 is 0 Å². The Hall–Kier alpha value is -1.70. The van der Waals surface area contributed by atoms with Gasteiger partial charge in [0.05, 0.1) is 18.2 Å². The summed E-state index contributed by atoms with van der Waals surface area (Å²) in [6, 6.07) is 3.86. The summed E-state index contributed by atoms with van der Waals surface area (Å²) in [5.41, 5.74) is 0. The number of nitrogens with zero attached hydrogens (tertiary/aromatic N) is 6. The van der Waals surface area contributed by atoms with Crippen molar-refractivity contribution in [2.24, 2.45) is 7.05 Å². The van der Waals surface area contributed by atoms with Gasteiger partial charge in [0, 0.05) is 38.8 Å². The molecule has 1 N–H and O–H groups in total. The number of anilines is 1. The van der Waals surface area contributed by atoms with Crippen LogP contribution in [0, 0.1) is 0 Å². The maximum absolute atomic E-state index is 9.03. The molecule has 0 aromatic carbocycles. The van der Waals surface area contributed by atoms with Gasteiger partial charge in [-0.05, 0) is 32.0 Å². The van der Waals surface area contributed by atoms with E-state index in [2.05, 4.69) is 24.6 Å². The third kappa shape index (κ3) is 4.29. The molecule has 0 spiro atoms. The fraction of sp³-hybridized carbons (Fsp3) is 0.588. The molecule has 1 aliphatic rings. The van der Waals surface area contributed by atoms with Gasteiger partial charge >= 0.3 is 0 Å². The fourth-order valence-corrected chi connectivity index (χ4v) is 3.39. The predicted octanol–water partition coefficient (Wildman–Crippen LogP) is 1.67. The maximum atomic E-state index is 9.03. The summed E-state index contributed by atoms with van der Waals surface area (Å²) in [7, 11) is 4.01. The summed E-state index contributed by atoms with van der Waals surface area (Å²) in [5, 5.41) is 18.5. The van der Waals surface area contributed by atoms with Crippen LogP contribution in [0.15, 0.2) is 18.3 Å². The van der Waals surface area contributed by atoms with Gasteiger partial charge in [-0.3, -0.25) is 4.90 Å². The fourth-order valence-electron chi connectivity index (χ4n) is 3.28. The Kier molecular flexibility index (Phi) is 5.88. The summed E-state index contributed by atoms with van der Waals surface area (Å²) in [4.78, 5) is 8.74. The first-order valence-electron chi connectivity index (χ1n) is 8.62. The molecule has 0 radical (unpaired) electrons. The quantitative estimate of drug-likeness (QED) is 0.840. The summed E-state index contributed by atoms with van der Waals surface area (Å²) in [5.74, 6) is 3.38. The Morgan fingerprint density at radius 3 is 2.68 bits per heavy atom. The monoisotopic (exact) mass is 364 g/mol. The zero-order valence-corrected chi connectivity index (χ0v) is 15.5.